The van der Waals surface area contributed by atoms with E-state index in [4.69, 9.17) is 5.73 Å². The Labute approximate surface area is 119 Å². The van der Waals surface area contributed by atoms with Gasteiger partial charge in [-0.1, -0.05) is 0 Å². The van der Waals surface area contributed by atoms with Crippen molar-refractivity contribution in [2.24, 2.45) is 5.73 Å². The predicted octanol–water partition coefficient (Wildman–Crippen LogP) is 2.34. The predicted molar refractivity (Wildman–Crippen MR) is 77.1 cm³/mol. The molecule has 0 spiro atoms. The van der Waals surface area contributed by atoms with E-state index < -0.39 is 10.0 Å². The molecule has 0 saturated heterocycles. The number of thiophene rings is 1. The summed E-state index contributed by atoms with van der Waals surface area (Å²) in [7, 11) is -3.54. The maximum absolute atomic E-state index is 12.1. The number of thiazole rings is 1. The topological polar surface area (TPSA) is 85.1 Å². The summed E-state index contributed by atoms with van der Waals surface area (Å²) < 4.78 is 26.8. The largest absolute Gasteiger partial charge is 0.326 e. The average Bonchev–Trinajstić information content (AvgIpc) is 2.92. The van der Waals surface area contributed by atoms with Gasteiger partial charge in [0.1, 0.15) is 0 Å². The fraction of sp³-hybridized carbons (Fsp3) is 0.364. The highest BCUT2D eigenvalue weighted by Crippen LogP contribution is 2.41. The lowest BCUT2D eigenvalue weighted by molar-refractivity contribution is 0.601. The van der Waals surface area contributed by atoms with Gasteiger partial charge >= 0.3 is 0 Å². The Morgan fingerprint density at radius 1 is 1.37 bits per heavy atom. The summed E-state index contributed by atoms with van der Waals surface area (Å²) in [5.74, 6) is 0.527. The fourth-order valence-corrected chi connectivity index (χ4v) is 4.88. The monoisotopic (exact) mass is 315 g/mol. The molecule has 0 aliphatic heterocycles. The van der Waals surface area contributed by atoms with Crippen LogP contribution in [0.3, 0.4) is 0 Å². The van der Waals surface area contributed by atoms with Gasteiger partial charge in [-0.15, -0.1) is 22.7 Å². The molecule has 0 unspecified atom stereocenters. The summed E-state index contributed by atoms with van der Waals surface area (Å²) in [6, 6.07) is 1.60. The summed E-state index contributed by atoms with van der Waals surface area (Å²) in [6.07, 6.45) is 2.31. The van der Waals surface area contributed by atoms with E-state index in [1.54, 1.807) is 11.4 Å². The Morgan fingerprint density at radius 2 is 2.16 bits per heavy atom. The SMILES string of the molecule is NCc1cc(S(=O)(=O)Nc2nc(C3CC3)cs2)cs1. The molecule has 2 aromatic rings. The first-order chi connectivity index (χ1) is 9.08. The van der Waals surface area contributed by atoms with Gasteiger partial charge in [0, 0.05) is 28.1 Å². The smallest absolute Gasteiger partial charge is 0.264 e. The molecule has 3 N–H and O–H groups in total. The minimum Gasteiger partial charge on any atom is -0.326 e. The zero-order valence-electron chi connectivity index (χ0n) is 10.00. The Balaban J connectivity index is 1.79. The molecule has 2 aromatic heterocycles. The number of sulfonamides is 1. The molecule has 2 heterocycles. The molecule has 1 fully saturated rings. The van der Waals surface area contributed by atoms with E-state index in [0.29, 0.717) is 17.6 Å². The normalized spacial score (nSPS) is 15.6. The van der Waals surface area contributed by atoms with E-state index in [0.717, 1.165) is 23.4 Å². The van der Waals surface area contributed by atoms with Crippen molar-refractivity contribution in [1.29, 1.82) is 0 Å². The number of nitrogens with one attached hydrogen (secondary N) is 1. The van der Waals surface area contributed by atoms with Gasteiger partial charge in [-0.3, -0.25) is 4.72 Å². The van der Waals surface area contributed by atoms with Gasteiger partial charge in [0.05, 0.1) is 10.6 Å². The Hall–Kier alpha value is -0.960. The van der Waals surface area contributed by atoms with Crippen molar-refractivity contribution in [2.75, 3.05) is 4.72 Å². The molecule has 0 atom stereocenters. The first-order valence-corrected chi connectivity index (χ1v) is 9.08. The van der Waals surface area contributed by atoms with Gasteiger partial charge in [0.25, 0.3) is 10.0 Å². The van der Waals surface area contributed by atoms with Crippen molar-refractivity contribution >= 4 is 37.8 Å². The number of nitrogens with zero attached hydrogens (tertiary/aromatic N) is 1. The number of hydrogen-bond donors (Lipinski definition) is 2. The van der Waals surface area contributed by atoms with E-state index in [-0.39, 0.29) is 4.90 Å². The average molecular weight is 315 g/mol. The van der Waals surface area contributed by atoms with Crippen LogP contribution in [0, 0.1) is 0 Å². The highest BCUT2D eigenvalue weighted by Gasteiger charge is 2.27. The van der Waals surface area contributed by atoms with Gasteiger partial charge < -0.3 is 5.73 Å². The van der Waals surface area contributed by atoms with Crippen LogP contribution in [0.4, 0.5) is 5.13 Å². The lowest BCUT2D eigenvalue weighted by atomic mass is 10.3. The molecule has 1 saturated carbocycles. The van der Waals surface area contributed by atoms with Crippen LogP contribution in [-0.2, 0) is 16.6 Å². The Bertz CT molecular complexity index is 686. The van der Waals surface area contributed by atoms with E-state index in [2.05, 4.69) is 9.71 Å². The minimum absolute atomic E-state index is 0.251. The molecular weight excluding hydrogens is 302 g/mol. The zero-order chi connectivity index (χ0) is 13.5. The number of hydrogen-bond acceptors (Lipinski definition) is 6. The fourth-order valence-electron chi connectivity index (χ4n) is 1.68. The second-order valence-electron chi connectivity index (χ2n) is 4.41. The van der Waals surface area contributed by atoms with Crippen molar-refractivity contribution in [1.82, 2.24) is 4.98 Å². The molecule has 3 rings (SSSR count). The first-order valence-electron chi connectivity index (χ1n) is 5.84. The van der Waals surface area contributed by atoms with E-state index >= 15 is 0 Å². The minimum atomic E-state index is -3.54. The van der Waals surface area contributed by atoms with Gasteiger partial charge in [-0.25, -0.2) is 13.4 Å². The quantitative estimate of drug-likeness (QED) is 0.887. The maximum Gasteiger partial charge on any atom is 0.264 e. The van der Waals surface area contributed by atoms with E-state index in [9.17, 15) is 8.42 Å². The van der Waals surface area contributed by atoms with Crippen molar-refractivity contribution in [3.63, 3.8) is 0 Å². The number of rotatable bonds is 5. The van der Waals surface area contributed by atoms with Crippen LogP contribution < -0.4 is 10.5 Å². The zero-order valence-corrected chi connectivity index (χ0v) is 12.4. The van der Waals surface area contributed by atoms with Gasteiger partial charge in [-0.2, -0.15) is 0 Å². The van der Waals surface area contributed by atoms with Crippen LogP contribution in [0.25, 0.3) is 0 Å². The number of anilines is 1. The second-order valence-corrected chi connectivity index (χ2v) is 7.95. The number of aromatic nitrogens is 1. The van der Waals surface area contributed by atoms with Crippen molar-refractivity contribution in [2.45, 2.75) is 30.2 Å². The third kappa shape index (κ3) is 2.81. The lowest BCUT2D eigenvalue weighted by Crippen LogP contribution is -2.12. The van der Waals surface area contributed by atoms with E-state index in [1.165, 1.54) is 22.7 Å². The highest BCUT2D eigenvalue weighted by atomic mass is 32.2. The Morgan fingerprint density at radius 3 is 2.79 bits per heavy atom. The lowest BCUT2D eigenvalue weighted by Gasteiger charge is -2.01. The molecular formula is C11H13N3O2S3. The summed E-state index contributed by atoms with van der Waals surface area (Å²) in [5, 5.41) is 3.95. The van der Waals surface area contributed by atoms with E-state index in [1.807, 2.05) is 5.38 Å². The molecule has 0 radical (unpaired) electrons. The maximum atomic E-state index is 12.1. The van der Waals surface area contributed by atoms with Crippen LogP contribution in [0.5, 0.6) is 0 Å². The third-order valence-electron chi connectivity index (χ3n) is 2.88. The van der Waals surface area contributed by atoms with Crippen molar-refractivity contribution in [3.8, 4) is 0 Å². The van der Waals surface area contributed by atoms with Crippen molar-refractivity contribution in [3.05, 3.63) is 27.4 Å². The molecule has 0 aromatic carbocycles. The van der Waals surface area contributed by atoms with Crippen LogP contribution in [0.15, 0.2) is 21.7 Å². The molecule has 1 aliphatic carbocycles. The summed E-state index contributed by atoms with van der Waals surface area (Å²) in [6.45, 7) is 0.350. The van der Waals surface area contributed by atoms with Crippen LogP contribution >= 0.6 is 22.7 Å². The van der Waals surface area contributed by atoms with Crippen molar-refractivity contribution < 1.29 is 8.42 Å². The summed E-state index contributed by atoms with van der Waals surface area (Å²) in [5.41, 5.74) is 6.48. The van der Waals surface area contributed by atoms with Crippen LogP contribution in [0.1, 0.15) is 29.3 Å². The molecule has 5 nitrogen and oxygen atoms in total. The number of nitrogens with two attached hydrogens (primary N) is 1. The molecule has 19 heavy (non-hydrogen) atoms. The van der Waals surface area contributed by atoms with Gasteiger partial charge in [0.15, 0.2) is 5.13 Å². The second kappa shape index (κ2) is 4.86. The standard InChI is InChI=1S/C11H13N3O2S3/c12-4-8-3-9(5-17-8)19(15,16)14-11-13-10(6-18-11)7-1-2-7/h3,5-7H,1-2,4,12H2,(H,13,14). The van der Waals surface area contributed by atoms with Crippen LogP contribution in [0.2, 0.25) is 0 Å². The Kier molecular flexibility index (Phi) is 3.34. The molecule has 1 aliphatic rings. The molecule has 0 amide bonds. The summed E-state index contributed by atoms with van der Waals surface area (Å²) in [4.78, 5) is 5.41. The summed E-state index contributed by atoms with van der Waals surface area (Å²) >= 11 is 2.68. The van der Waals surface area contributed by atoms with Gasteiger partial charge in [-0.05, 0) is 18.9 Å². The van der Waals surface area contributed by atoms with Gasteiger partial charge in [0.2, 0.25) is 0 Å². The highest BCUT2D eigenvalue weighted by molar-refractivity contribution is 7.93. The first kappa shape index (κ1) is 13.0. The van der Waals surface area contributed by atoms with Crippen LogP contribution in [-0.4, -0.2) is 13.4 Å². The molecule has 0 bridgehead atoms. The third-order valence-corrected chi connectivity index (χ3v) is 6.21. The molecule has 8 heteroatoms. The molecule has 102 valence electrons.